The van der Waals surface area contributed by atoms with E-state index in [0.717, 1.165) is 21.9 Å². The monoisotopic (exact) mass is 326 g/mol. The minimum atomic E-state index is -0.282. The second-order valence-electron chi connectivity index (χ2n) is 5.99. The maximum atomic E-state index is 12.4. The molecule has 0 bridgehead atoms. The maximum Gasteiger partial charge on any atom is 0.338 e. The summed E-state index contributed by atoms with van der Waals surface area (Å²) in [5, 5.41) is 4.70. The molecule has 0 aliphatic rings. The van der Waals surface area contributed by atoms with E-state index in [1.807, 2.05) is 49.4 Å². The van der Waals surface area contributed by atoms with Crippen LogP contribution in [0.5, 0.6) is 0 Å². The highest BCUT2D eigenvalue weighted by molar-refractivity contribution is 6.08. The fourth-order valence-electron chi connectivity index (χ4n) is 3.31. The standard InChI is InChI=1S/C23H18O2/c1-2-25-23(24)21-12-6-5-11-19(21)20-13-7-10-18-14-16-8-3-4-9-17(16)15-22(18)20/h3-15H,2H2,1H3. The third-order valence-corrected chi connectivity index (χ3v) is 4.46. The van der Waals surface area contributed by atoms with Crippen LogP contribution in [0.2, 0.25) is 0 Å². The second-order valence-corrected chi connectivity index (χ2v) is 5.99. The summed E-state index contributed by atoms with van der Waals surface area (Å²) in [6, 6.07) is 26.6. The first-order chi connectivity index (χ1) is 12.3. The van der Waals surface area contributed by atoms with Gasteiger partial charge in [0.05, 0.1) is 12.2 Å². The Morgan fingerprint density at radius 1 is 0.760 bits per heavy atom. The van der Waals surface area contributed by atoms with Gasteiger partial charge in [-0.3, -0.25) is 0 Å². The molecule has 0 saturated heterocycles. The smallest absolute Gasteiger partial charge is 0.338 e. The number of hydrogen-bond donors (Lipinski definition) is 0. The van der Waals surface area contributed by atoms with E-state index in [-0.39, 0.29) is 5.97 Å². The topological polar surface area (TPSA) is 26.3 Å². The second kappa shape index (κ2) is 6.40. The molecule has 0 heterocycles. The van der Waals surface area contributed by atoms with Gasteiger partial charge in [0, 0.05) is 0 Å². The molecule has 0 fully saturated rings. The molecule has 2 nitrogen and oxygen atoms in total. The Labute approximate surface area is 146 Å². The molecule has 4 rings (SSSR count). The average molecular weight is 326 g/mol. The number of ether oxygens (including phenoxy) is 1. The first-order valence-electron chi connectivity index (χ1n) is 8.46. The molecule has 0 aliphatic heterocycles. The van der Waals surface area contributed by atoms with Gasteiger partial charge in [0.15, 0.2) is 0 Å². The third kappa shape index (κ3) is 2.76. The number of rotatable bonds is 3. The van der Waals surface area contributed by atoms with E-state index in [1.165, 1.54) is 10.8 Å². The molecule has 25 heavy (non-hydrogen) atoms. The van der Waals surface area contributed by atoms with Gasteiger partial charge in [0.25, 0.3) is 0 Å². The van der Waals surface area contributed by atoms with Gasteiger partial charge in [0.2, 0.25) is 0 Å². The predicted octanol–water partition coefficient (Wildman–Crippen LogP) is 5.84. The van der Waals surface area contributed by atoms with Gasteiger partial charge >= 0.3 is 5.97 Å². The highest BCUT2D eigenvalue weighted by atomic mass is 16.5. The van der Waals surface area contributed by atoms with Gasteiger partial charge in [-0.25, -0.2) is 4.79 Å². The Hall–Kier alpha value is -3.13. The highest BCUT2D eigenvalue weighted by Crippen LogP contribution is 2.33. The summed E-state index contributed by atoms with van der Waals surface area (Å²) in [6.07, 6.45) is 0. The molecule has 2 heteroatoms. The molecular weight excluding hydrogens is 308 g/mol. The van der Waals surface area contributed by atoms with E-state index in [2.05, 4.69) is 36.4 Å². The van der Waals surface area contributed by atoms with E-state index in [4.69, 9.17) is 4.74 Å². The van der Waals surface area contributed by atoms with Crippen LogP contribution >= 0.6 is 0 Å². The number of benzene rings is 4. The molecule has 0 saturated carbocycles. The highest BCUT2D eigenvalue weighted by Gasteiger charge is 2.15. The van der Waals surface area contributed by atoms with Crippen LogP contribution in [0.1, 0.15) is 17.3 Å². The predicted molar refractivity (Wildman–Crippen MR) is 103 cm³/mol. The first kappa shape index (κ1) is 15.4. The van der Waals surface area contributed by atoms with Gasteiger partial charge < -0.3 is 4.74 Å². The summed E-state index contributed by atoms with van der Waals surface area (Å²) in [6.45, 7) is 2.19. The SMILES string of the molecule is CCOC(=O)c1ccccc1-c1cccc2cc3ccccc3cc12. The normalized spacial score (nSPS) is 10.9. The number of esters is 1. The largest absolute Gasteiger partial charge is 0.462 e. The van der Waals surface area contributed by atoms with Crippen LogP contribution in [-0.2, 0) is 4.74 Å². The van der Waals surface area contributed by atoms with Gasteiger partial charge in [0.1, 0.15) is 0 Å². The van der Waals surface area contributed by atoms with Crippen molar-refractivity contribution in [1.82, 2.24) is 0 Å². The summed E-state index contributed by atoms with van der Waals surface area (Å²) in [4.78, 5) is 12.4. The Bertz CT molecular complexity index is 1080. The van der Waals surface area contributed by atoms with Crippen LogP contribution in [0.3, 0.4) is 0 Å². The Kier molecular flexibility index (Phi) is 3.95. The van der Waals surface area contributed by atoms with Crippen molar-refractivity contribution in [2.24, 2.45) is 0 Å². The lowest BCUT2D eigenvalue weighted by Gasteiger charge is -2.12. The van der Waals surface area contributed by atoms with E-state index in [1.54, 1.807) is 0 Å². The molecule has 0 N–H and O–H groups in total. The van der Waals surface area contributed by atoms with Crippen molar-refractivity contribution in [2.45, 2.75) is 6.92 Å². The van der Waals surface area contributed by atoms with E-state index in [0.29, 0.717) is 12.2 Å². The Morgan fingerprint density at radius 3 is 2.20 bits per heavy atom. The van der Waals surface area contributed by atoms with Gasteiger partial charge in [-0.15, -0.1) is 0 Å². The molecule has 0 aromatic heterocycles. The van der Waals surface area contributed by atoms with Gasteiger partial charge in [-0.1, -0.05) is 60.7 Å². The summed E-state index contributed by atoms with van der Waals surface area (Å²) >= 11 is 0. The van der Waals surface area contributed by atoms with Crippen LogP contribution in [0.15, 0.2) is 78.9 Å². The zero-order chi connectivity index (χ0) is 17.2. The fraction of sp³-hybridized carbons (Fsp3) is 0.0870. The molecule has 0 unspecified atom stereocenters. The number of hydrogen-bond acceptors (Lipinski definition) is 2. The maximum absolute atomic E-state index is 12.4. The van der Waals surface area contributed by atoms with Gasteiger partial charge in [-0.2, -0.15) is 0 Å². The minimum Gasteiger partial charge on any atom is -0.462 e. The molecule has 4 aromatic rings. The summed E-state index contributed by atoms with van der Waals surface area (Å²) in [5.41, 5.74) is 2.55. The Balaban J connectivity index is 1.99. The van der Waals surface area contributed by atoms with E-state index >= 15 is 0 Å². The lowest BCUT2D eigenvalue weighted by Crippen LogP contribution is -2.06. The number of carbonyl (C=O) groups is 1. The third-order valence-electron chi connectivity index (χ3n) is 4.46. The lowest BCUT2D eigenvalue weighted by atomic mass is 9.93. The van der Waals surface area contributed by atoms with Crippen LogP contribution < -0.4 is 0 Å². The van der Waals surface area contributed by atoms with Crippen molar-refractivity contribution < 1.29 is 9.53 Å². The van der Waals surface area contributed by atoms with Crippen molar-refractivity contribution in [3.8, 4) is 11.1 Å². The zero-order valence-corrected chi connectivity index (χ0v) is 14.0. The van der Waals surface area contributed by atoms with E-state index in [9.17, 15) is 4.79 Å². The quantitative estimate of drug-likeness (QED) is 0.349. The molecule has 0 aliphatic carbocycles. The average Bonchev–Trinajstić information content (AvgIpc) is 2.66. The summed E-state index contributed by atoms with van der Waals surface area (Å²) < 4.78 is 5.23. The van der Waals surface area contributed by atoms with Crippen molar-refractivity contribution in [3.63, 3.8) is 0 Å². The van der Waals surface area contributed by atoms with Crippen LogP contribution in [0.25, 0.3) is 32.7 Å². The summed E-state index contributed by atoms with van der Waals surface area (Å²) in [5.74, 6) is -0.282. The molecule has 122 valence electrons. The van der Waals surface area contributed by atoms with E-state index < -0.39 is 0 Å². The fourth-order valence-corrected chi connectivity index (χ4v) is 3.31. The van der Waals surface area contributed by atoms with Gasteiger partial charge in [-0.05, 0) is 57.8 Å². The zero-order valence-electron chi connectivity index (χ0n) is 14.0. The molecule has 0 amide bonds. The summed E-state index contributed by atoms with van der Waals surface area (Å²) in [7, 11) is 0. The molecule has 0 atom stereocenters. The molecular formula is C23H18O2. The van der Waals surface area contributed by atoms with Crippen molar-refractivity contribution >= 4 is 27.5 Å². The van der Waals surface area contributed by atoms with Crippen molar-refractivity contribution in [1.29, 1.82) is 0 Å². The van der Waals surface area contributed by atoms with Crippen molar-refractivity contribution in [2.75, 3.05) is 6.61 Å². The lowest BCUT2D eigenvalue weighted by molar-refractivity contribution is 0.0527. The molecule has 4 aromatic carbocycles. The Morgan fingerprint density at radius 2 is 1.40 bits per heavy atom. The minimum absolute atomic E-state index is 0.282. The van der Waals surface area contributed by atoms with Crippen LogP contribution in [0, 0.1) is 0 Å². The molecule has 0 spiro atoms. The number of fused-ring (bicyclic) bond motifs is 2. The van der Waals surface area contributed by atoms with Crippen LogP contribution in [0.4, 0.5) is 0 Å². The number of carbonyl (C=O) groups excluding carboxylic acids is 1. The first-order valence-corrected chi connectivity index (χ1v) is 8.46. The van der Waals surface area contributed by atoms with Crippen molar-refractivity contribution in [3.05, 3.63) is 84.4 Å². The molecule has 0 radical (unpaired) electrons. The van der Waals surface area contributed by atoms with Crippen LogP contribution in [-0.4, -0.2) is 12.6 Å².